The van der Waals surface area contributed by atoms with Crippen LogP contribution in [0.4, 0.5) is 0 Å². The maximum Gasteiger partial charge on any atom is 0.205 e. The molecule has 84 valence electrons. The van der Waals surface area contributed by atoms with Crippen molar-refractivity contribution in [1.29, 1.82) is 0 Å². The maximum absolute atomic E-state index is 5.20. The monoisotopic (exact) mass is 284 g/mol. The number of hydrogen-bond donors (Lipinski definition) is 1. The van der Waals surface area contributed by atoms with E-state index in [4.69, 9.17) is 9.47 Å². The highest BCUT2D eigenvalue weighted by Crippen LogP contribution is 2.36. The van der Waals surface area contributed by atoms with Crippen LogP contribution in [-0.4, -0.2) is 34.8 Å². The van der Waals surface area contributed by atoms with Crippen LogP contribution in [0.15, 0.2) is 16.6 Å². The van der Waals surface area contributed by atoms with Crippen molar-refractivity contribution in [2.75, 3.05) is 14.2 Å². The predicted octanol–water partition coefficient (Wildman–Crippen LogP) is 1.65. The highest BCUT2D eigenvalue weighted by Gasteiger charge is 2.13. The molecule has 0 saturated heterocycles. The van der Waals surface area contributed by atoms with Crippen LogP contribution in [-0.2, 0) is 0 Å². The van der Waals surface area contributed by atoms with Gasteiger partial charge in [0, 0.05) is 10.0 Å². The Morgan fingerprint density at radius 2 is 1.88 bits per heavy atom. The minimum Gasteiger partial charge on any atom is -0.493 e. The molecule has 2 rings (SSSR count). The van der Waals surface area contributed by atoms with Gasteiger partial charge in [-0.15, -0.1) is 10.2 Å². The molecule has 0 aliphatic heterocycles. The Morgan fingerprint density at radius 1 is 1.19 bits per heavy atom. The first kappa shape index (κ1) is 10.9. The van der Waals surface area contributed by atoms with Gasteiger partial charge < -0.3 is 9.47 Å². The summed E-state index contributed by atoms with van der Waals surface area (Å²) in [4.78, 5) is 0. The van der Waals surface area contributed by atoms with E-state index in [9.17, 15) is 0 Å². The first-order valence-corrected chi connectivity index (χ1v) is 5.21. The number of ether oxygens (including phenoxy) is 2. The van der Waals surface area contributed by atoms with E-state index in [1.807, 2.05) is 0 Å². The highest BCUT2D eigenvalue weighted by molar-refractivity contribution is 9.10. The Balaban J connectivity index is 2.55. The van der Waals surface area contributed by atoms with Gasteiger partial charge in [0.2, 0.25) is 5.82 Å². The van der Waals surface area contributed by atoms with Crippen LogP contribution in [0.5, 0.6) is 11.5 Å². The minimum absolute atomic E-state index is 0.493. The summed E-state index contributed by atoms with van der Waals surface area (Å²) in [6.45, 7) is 0. The second-order valence-electron chi connectivity index (χ2n) is 2.92. The molecule has 0 amide bonds. The minimum atomic E-state index is 0.493. The van der Waals surface area contributed by atoms with Crippen molar-refractivity contribution in [3.05, 3.63) is 16.6 Å². The molecule has 1 N–H and O–H groups in total. The van der Waals surface area contributed by atoms with Crippen molar-refractivity contribution < 1.29 is 9.47 Å². The summed E-state index contributed by atoms with van der Waals surface area (Å²) in [6, 6.07) is 3.58. The molecule has 0 saturated carbocycles. The lowest BCUT2D eigenvalue weighted by Crippen LogP contribution is -1.92. The zero-order valence-electron chi connectivity index (χ0n) is 8.69. The topological polar surface area (TPSA) is 72.9 Å². The quantitative estimate of drug-likeness (QED) is 0.928. The number of nitrogens with zero attached hydrogens (tertiary/aromatic N) is 3. The number of aromatic amines is 1. The molecular formula is C9H9BrN4O2. The lowest BCUT2D eigenvalue weighted by Gasteiger charge is -2.09. The molecule has 0 spiro atoms. The largest absolute Gasteiger partial charge is 0.493 e. The van der Waals surface area contributed by atoms with Crippen molar-refractivity contribution in [2.45, 2.75) is 0 Å². The number of nitrogens with one attached hydrogen (secondary N) is 1. The van der Waals surface area contributed by atoms with Gasteiger partial charge in [-0.25, -0.2) is 0 Å². The fraction of sp³-hybridized carbons (Fsp3) is 0.222. The van der Waals surface area contributed by atoms with E-state index in [1.54, 1.807) is 26.4 Å². The summed E-state index contributed by atoms with van der Waals surface area (Å²) in [5, 5.41) is 13.7. The number of tetrazole rings is 1. The maximum atomic E-state index is 5.20. The van der Waals surface area contributed by atoms with Gasteiger partial charge in [-0.1, -0.05) is 0 Å². The summed E-state index contributed by atoms with van der Waals surface area (Å²) < 4.78 is 11.2. The third-order valence-electron chi connectivity index (χ3n) is 2.06. The first-order valence-electron chi connectivity index (χ1n) is 4.41. The zero-order valence-corrected chi connectivity index (χ0v) is 10.3. The predicted molar refractivity (Wildman–Crippen MR) is 60.4 cm³/mol. The molecule has 0 fully saturated rings. The number of methoxy groups -OCH3 is 2. The van der Waals surface area contributed by atoms with Crippen LogP contribution in [0.25, 0.3) is 11.4 Å². The summed E-state index contributed by atoms with van der Waals surface area (Å²) in [7, 11) is 3.16. The van der Waals surface area contributed by atoms with Crippen molar-refractivity contribution in [2.24, 2.45) is 0 Å². The number of hydrogen-bond acceptors (Lipinski definition) is 5. The molecule has 0 bridgehead atoms. The van der Waals surface area contributed by atoms with Crippen LogP contribution < -0.4 is 9.47 Å². The average molecular weight is 285 g/mol. The molecular weight excluding hydrogens is 276 g/mol. The number of halogens is 1. The SMILES string of the molecule is COc1cc(Br)c(-c2nn[nH]n2)cc1OC. The third-order valence-corrected chi connectivity index (χ3v) is 2.72. The van der Waals surface area contributed by atoms with E-state index in [0.29, 0.717) is 17.3 Å². The molecule has 1 heterocycles. The third kappa shape index (κ3) is 1.85. The van der Waals surface area contributed by atoms with E-state index in [2.05, 4.69) is 36.6 Å². The number of aromatic nitrogens is 4. The smallest absolute Gasteiger partial charge is 0.205 e. The molecule has 0 unspecified atom stereocenters. The van der Waals surface area contributed by atoms with Crippen LogP contribution in [0.2, 0.25) is 0 Å². The van der Waals surface area contributed by atoms with E-state index in [0.717, 1.165) is 10.0 Å². The second kappa shape index (κ2) is 4.48. The van der Waals surface area contributed by atoms with Crippen molar-refractivity contribution >= 4 is 15.9 Å². The standard InChI is InChI=1S/C9H9BrN4O2/c1-15-7-3-5(9-11-13-14-12-9)6(10)4-8(7)16-2/h3-4H,1-2H3,(H,11,12,13,14). The Kier molecular flexibility index (Phi) is 3.04. The lowest BCUT2D eigenvalue weighted by molar-refractivity contribution is 0.355. The van der Waals surface area contributed by atoms with Gasteiger partial charge in [-0.2, -0.15) is 5.21 Å². The number of rotatable bonds is 3. The Labute approximate surface area is 100 Å². The van der Waals surface area contributed by atoms with Crippen LogP contribution in [0, 0.1) is 0 Å². The van der Waals surface area contributed by atoms with Crippen molar-refractivity contribution in [3.8, 4) is 22.9 Å². The van der Waals surface area contributed by atoms with Crippen molar-refractivity contribution in [3.63, 3.8) is 0 Å². The fourth-order valence-electron chi connectivity index (χ4n) is 1.30. The van der Waals surface area contributed by atoms with Gasteiger partial charge in [0.1, 0.15) is 0 Å². The molecule has 0 atom stereocenters. The highest BCUT2D eigenvalue weighted by atomic mass is 79.9. The van der Waals surface area contributed by atoms with E-state index in [-0.39, 0.29) is 0 Å². The van der Waals surface area contributed by atoms with Gasteiger partial charge >= 0.3 is 0 Å². The fourth-order valence-corrected chi connectivity index (χ4v) is 1.80. The Bertz CT molecular complexity index is 487. The van der Waals surface area contributed by atoms with Crippen LogP contribution in [0.3, 0.4) is 0 Å². The van der Waals surface area contributed by atoms with E-state index < -0.39 is 0 Å². The summed E-state index contributed by atoms with van der Waals surface area (Å²) >= 11 is 3.42. The normalized spacial score (nSPS) is 10.2. The molecule has 0 radical (unpaired) electrons. The summed E-state index contributed by atoms with van der Waals surface area (Å²) in [5.74, 6) is 1.75. The molecule has 7 heteroatoms. The molecule has 1 aromatic carbocycles. The molecule has 16 heavy (non-hydrogen) atoms. The van der Waals surface area contributed by atoms with Crippen LogP contribution in [0.1, 0.15) is 0 Å². The lowest BCUT2D eigenvalue weighted by atomic mass is 10.2. The molecule has 0 aliphatic rings. The van der Waals surface area contributed by atoms with Gasteiger partial charge in [0.25, 0.3) is 0 Å². The molecule has 2 aromatic rings. The molecule has 1 aromatic heterocycles. The number of H-pyrrole nitrogens is 1. The van der Waals surface area contributed by atoms with E-state index in [1.165, 1.54) is 0 Å². The van der Waals surface area contributed by atoms with Gasteiger partial charge in [0.15, 0.2) is 11.5 Å². The zero-order chi connectivity index (χ0) is 11.5. The number of benzene rings is 1. The first-order chi connectivity index (χ1) is 7.76. The van der Waals surface area contributed by atoms with Crippen LogP contribution >= 0.6 is 15.9 Å². The molecule has 0 aliphatic carbocycles. The Morgan fingerprint density at radius 3 is 2.44 bits per heavy atom. The average Bonchev–Trinajstić information content (AvgIpc) is 2.82. The Hall–Kier alpha value is -1.63. The van der Waals surface area contributed by atoms with Gasteiger partial charge in [0.05, 0.1) is 14.2 Å². The van der Waals surface area contributed by atoms with E-state index >= 15 is 0 Å². The van der Waals surface area contributed by atoms with Gasteiger partial charge in [-0.3, -0.25) is 0 Å². The molecule has 6 nitrogen and oxygen atoms in total. The summed E-state index contributed by atoms with van der Waals surface area (Å²) in [6.07, 6.45) is 0. The van der Waals surface area contributed by atoms with Gasteiger partial charge in [-0.05, 0) is 33.3 Å². The van der Waals surface area contributed by atoms with Crippen molar-refractivity contribution in [1.82, 2.24) is 20.6 Å². The summed E-state index contributed by atoms with van der Waals surface area (Å²) in [5.41, 5.74) is 0.784. The second-order valence-corrected chi connectivity index (χ2v) is 3.78.